The minimum Gasteiger partial charge on any atom is -0.382 e. The summed E-state index contributed by atoms with van der Waals surface area (Å²) in [4.78, 5) is 5.06. The monoisotopic (exact) mass is 273 g/mol. The number of methoxy groups -OCH3 is 1. The minimum absolute atomic E-state index is 0.691. The van der Waals surface area contributed by atoms with Crippen molar-refractivity contribution in [1.29, 1.82) is 0 Å². The predicted octanol–water partition coefficient (Wildman–Crippen LogP) is 0.396. The second kappa shape index (κ2) is 11.6. The Morgan fingerprint density at radius 3 is 2.16 bits per heavy atom. The number of hydrogen-bond donors (Lipinski definition) is 1. The van der Waals surface area contributed by atoms with Gasteiger partial charge in [0, 0.05) is 39.8 Å². The third-order valence-electron chi connectivity index (χ3n) is 3.63. The first-order chi connectivity index (χ1) is 9.36. The summed E-state index contributed by atoms with van der Waals surface area (Å²) < 4.78 is 10.5. The molecule has 1 rings (SSSR count). The zero-order chi connectivity index (χ0) is 13.8. The van der Waals surface area contributed by atoms with Gasteiger partial charge in [-0.1, -0.05) is 6.42 Å². The van der Waals surface area contributed by atoms with Crippen molar-refractivity contribution < 1.29 is 9.47 Å². The van der Waals surface area contributed by atoms with Crippen LogP contribution in [0.25, 0.3) is 0 Å². The normalized spacial score (nSPS) is 18.0. The Morgan fingerprint density at radius 2 is 1.53 bits per heavy atom. The molecule has 0 spiro atoms. The molecule has 114 valence electrons. The van der Waals surface area contributed by atoms with Gasteiger partial charge in [-0.25, -0.2) is 0 Å². The van der Waals surface area contributed by atoms with Crippen LogP contribution in [0.3, 0.4) is 0 Å². The maximum atomic E-state index is 5.50. The first-order valence-corrected chi connectivity index (χ1v) is 7.58. The van der Waals surface area contributed by atoms with Crippen LogP contribution in [-0.2, 0) is 9.47 Å². The van der Waals surface area contributed by atoms with Crippen molar-refractivity contribution in [2.24, 2.45) is 5.73 Å². The van der Waals surface area contributed by atoms with E-state index in [0.717, 1.165) is 19.7 Å². The van der Waals surface area contributed by atoms with Crippen molar-refractivity contribution in [2.45, 2.75) is 19.3 Å². The van der Waals surface area contributed by atoms with Crippen LogP contribution in [0, 0.1) is 0 Å². The molecule has 0 aromatic carbocycles. The number of nitrogens with zero attached hydrogens (tertiary/aromatic N) is 2. The SMILES string of the molecule is COCCOCCN1CCN(CCCCCN)CC1. The van der Waals surface area contributed by atoms with E-state index in [2.05, 4.69) is 9.80 Å². The quantitative estimate of drug-likeness (QED) is 0.552. The third-order valence-corrected chi connectivity index (χ3v) is 3.63. The van der Waals surface area contributed by atoms with Gasteiger partial charge in [-0.05, 0) is 25.9 Å². The molecule has 0 amide bonds. The van der Waals surface area contributed by atoms with Crippen LogP contribution in [0.4, 0.5) is 0 Å². The maximum absolute atomic E-state index is 5.50. The minimum atomic E-state index is 0.691. The van der Waals surface area contributed by atoms with Crippen LogP contribution in [0.5, 0.6) is 0 Å². The van der Waals surface area contributed by atoms with Gasteiger partial charge in [0.15, 0.2) is 0 Å². The molecule has 1 aliphatic rings. The van der Waals surface area contributed by atoms with Gasteiger partial charge in [-0.3, -0.25) is 4.90 Å². The molecule has 0 aliphatic carbocycles. The fraction of sp³-hybridized carbons (Fsp3) is 1.00. The molecule has 0 aromatic heterocycles. The van der Waals surface area contributed by atoms with Crippen LogP contribution < -0.4 is 5.73 Å². The number of hydrogen-bond acceptors (Lipinski definition) is 5. The number of unbranched alkanes of at least 4 members (excludes halogenated alkanes) is 2. The molecule has 0 atom stereocenters. The Labute approximate surface area is 118 Å². The van der Waals surface area contributed by atoms with E-state index < -0.39 is 0 Å². The van der Waals surface area contributed by atoms with Gasteiger partial charge in [0.2, 0.25) is 0 Å². The third kappa shape index (κ3) is 8.55. The second-order valence-electron chi connectivity index (χ2n) is 5.14. The molecule has 0 radical (unpaired) electrons. The van der Waals surface area contributed by atoms with E-state index in [0.29, 0.717) is 13.2 Å². The smallest absolute Gasteiger partial charge is 0.0700 e. The first-order valence-electron chi connectivity index (χ1n) is 7.58. The van der Waals surface area contributed by atoms with Gasteiger partial charge < -0.3 is 20.1 Å². The van der Waals surface area contributed by atoms with Crippen LogP contribution >= 0.6 is 0 Å². The number of ether oxygens (including phenoxy) is 2. The van der Waals surface area contributed by atoms with Crippen molar-refractivity contribution in [3.8, 4) is 0 Å². The predicted molar refractivity (Wildman–Crippen MR) is 78.5 cm³/mol. The number of nitrogens with two attached hydrogens (primary N) is 1. The summed E-state index contributed by atoms with van der Waals surface area (Å²) in [5, 5.41) is 0. The zero-order valence-electron chi connectivity index (χ0n) is 12.5. The van der Waals surface area contributed by atoms with Gasteiger partial charge in [0.05, 0.1) is 19.8 Å². The molecule has 1 aliphatic heterocycles. The Balaban J connectivity index is 1.93. The highest BCUT2D eigenvalue weighted by atomic mass is 16.5. The van der Waals surface area contributed by atoms with Gasteiger partial charge >= 0.3 is 0 Å². The molecule has 5 nitrogen and oxygen atoms in total. The summed E-state index contributed by atoms with van der Waals surface area (Å²) >= 11 is 0. The van der Waals surface area contributed by atoms with E-state index in [1.807, 2.05) is 0 Å². The van der Waals surface area contributed by atoms with Crippen molar-refractivity contribution in [1.82, 2.24) is 9.80 Å². The first kappa shape index (κ1) is 16.9. The van der Waals surface area contributed by atoms with E-state index in [-0.39, 0.29) is 0 Å². The van der Waals surface area contributed by atoms with E-state index in [1.165, 1.54) is 52.0 Å². The van der Waals surface area contributed by atoms with Crippen LogP contribution in [0.1, 0.15) is 19.3 Å². The summed E-state index contributed by atoms with van der Waals surface area (Å²) in [6, 6.07) is 0. The number of piperazine rings is 1. The molecule has 2 N–H and O–H groups in total. The molecule has 1 fully saturated rings. The fourth-order valence-corrected chi connectivity index (χ4v) is 2.33. The molecule has 0 bridgehead atoms. The molecule has 19 heavy (non-hydrogen) atoms. The average molecular weight is 273 g/mol. The van der Waals surface area contributed by atoms with Gasteiger partial charge in [-0.2, -0.15) is 0 Å². The topological polar surface area (TPSA) is 51.0 Å². The molecule has 1 heterocycles. The number of rotatable bonds is 11. The van der Waals surface area contributed by atoms with E-state index in [4.69, 9.17) is 15.2 Å². The second-order valence-corrected chi connectivity index (χ2v) is 5.14. The van der Waals surface area contributed by atoms with Crippen molar-refractivity contribution in [3.63, 3.8) is 0 Å². The van der Waals surface area contributed by atoms with Gasteiger partial charge in [0.1, 0.15) is 0 Å². The fourth-order valence-electron chi connectivity index (χ4n) is 2.33. The summed E-state index contributed by atoms with van der Waals surface area (Å²) in [7, 11) is 1.70. The lowest BCUT2D eigenvalue weighted by Crippen LogP contribution is -2.47. The summed E-state index contributed by atoms with van der Waals surface area (Å²) in [5.41, 5.74) is 5.50. The van der Waals surface area contributed by atoms with Crippen molar-refractivity contribution in [2.75, 3.05) is 72.7 Å². The van der Waals surface area contributed by atoms with Crippen molar-refractivity contribution >= 4 is 0 Å². The molecular weight excluding hydrogens is 242 g/mol. The molecule has 0 saturated carbocycles. The standard InChI is InChI=1S/C14H31N3O2/c1-18-13-14-19-12-11-17-9-7-16(8-10-17)6-4-2-3-5-15/h2-15H2,1H3. The van der Waals surface area contributed by atoms with Crippen LogP contribution in [0.2, 0.25) is 0 Å². The molecular formula is C14H31N3O2. The lowest BCUT2D eigenvalue weighted by atomic mass is 10.2. The van der Waals surface area contributed by atoms with Gasteiger partial charge in [-0.15, -0.1) is 0 Å². The highest BCUT2D eigenvalue weighted by molar-refractivity contribution is 4.71. The maximum Gasteiger partial charge on any atom is 0.0700 e. The largest absolute Gasteiger partial charge is 0.382 e. The summed E-state index contributed by atoms with van der Waals surface area (Å²) in [6.07, 6.45) is 3.72. The highest BCUT2D eigenvalue weighted by Crippen LogP contribution is 2.04. The Kier molecular flexibility index (Phi) is 10.3. The van der Waals surface area contributed by atoms with Gasteiger partial charge in [0.25, 0.3) is 0 Å². The van der Waals surface area contributed by atoms with Crippen LogP contribution in [-0.4, -0.2) is 82.5 Å². The summed E-state index contributed by atoms with van der Waals surface area (Å²) in [6.45, 7) is 10.1. The summed E-state index contributed by atoms with van der Waals surface area (Å²) in [5.74, 6) is 0. The average Bonchev–Trinajstić information content (AvgIpc) is 2.45. The van der Waals surface area contributed by atoms with E-state index >= 15 is 0 Å². The zero-order valence-corrected chi connectivity index (χ0v) is 12.5. The molecule has 5 heteroatoms. The molecule has 0 unspecified atom stereocenters. The molecule has 0 aromatic rings. The Morgan fingerprint density at radius 1 is 0.842 bits per heavy atom. The Bertz CT molecular complexity index is 197. The highest BCUT2D eigenvalue weighted by Gasteiger charge is 2.15. The Hall–Kier alpha value is -0.200. The lowest BCUT2D eigenvalue weighted by Gasteiger charge is -2.34. The lowest BCUT2D eigenvalue weighted by molar-refractivity contribution is 0.0460. The molecule has 1 saturated heterocycles. The van der Waals surface area contributed by atoms with Crippen molar-refractivity contribution in [3.05, 3.63) is 0 Å². The van der Waals surface area contributed by atoms with Crippen LogP contribution in [0.15, 0.2) is 0 Å². The van der Waals surface area contributed by atoms with E-state index in [9.17, 15) is 0 Å². The van der Waals surface area contributed by atoms with E-state index in [1.54, 1.807) is 7.11 Å².